The Kier molecular flexibility index (Phi) is 4.62. The van der Waals surface area contributed by atoms with Gasteiger partial charge in [0.2, 0.25) is 0 Å². The first-order valence-electron chi connectivity index (χ1n) is 5.82. The van der Waals surface area contributed by atoms with E-state index in [0.717, 1.165) is 11.3 Å². The van der Waals surface area contributed by atoms with Crippen molar-refractivity contribution in [2.24, 2.45) is 5.73 Å². The zero-order valence-electron chi connectivity index (χ0n) is 10.7. The minimum atomic E-state index is -0.653. The van der Waals surface area contributed by atoms with Gasteiger partial charge in [-0.05, 0) is 23.6 Å². The normalized spacial score (nSPS) is 9.90. The highest BCUT2D eigenvalue weighted by molar-refractivity contribution is 7.14. The van der Waals surface area contributed by atoms with Gasteiger partial charge >= 0.3 is 5.97 Å². The van der Waals surface area contributed by atoms with Gasteiger partial charge in [0.05, 0.1) is 11.1 Å². The molecule has 0 aliphatic heterocycles. The Morgan fingerprint density at radius 2 is 2.14 bits per heavy atom. The van der Waals surface area contributed by atoms with E-state index in [9.17, 15) is 14.4 Å². The average molecular weight is 305 g/mol. The summed E-state index contributed by atoms with van der Waals surface area (Å²) < 4.78 is 4.84. The van der Waals surface area contributed by atoms with Crippen LogP contribution in [0.5, 0.6) is 0 Å². The van der Waals surface area contributed by atoms with Gasteiger partial charge in [0.15, 0.2) is 6.61 Å². The number of carbonyl (C=O) groups excluding carboxylic acids is 3. The van der Waals surface area contributed by atoms with Crippen LogP contribution in [0.4, 0.5) is 5.00 Å². The van der Waals surface area contributed by atoms with Gasteiger partial charge in [0.25, 0.3) is 11.8 Å². The molecule has 21 heavy (non-hydrogen) atoms. The molecule has 0 saturated heterocycles. The number of ether oxygens (including phenoxy) is 1. The van der Waals surface area contributed by atoms with Crippen LogP contribution in [-0.2, 0) is 9.53 Å². The van der Waals surface area contributed by atoms with Crippen LogP contribution in [0.2, 0.25) is 0 Å². The number of nitrogens with zero attached hydrogens (tertiary/aromatic N) is 1. The highest BCUT2D eigenvalue weighted by Gasteiger charge is 2.14. The van der Waals surface area contributed by atoms with Crippen molar-refractivity contribution in [3.05, 3.63) is 47.1 Å². The topological polar surface area (TPSA) is 111 Å². The molecule has 0 aliphatic rings. The quantitative estimate of drug-likeness (QED) is 0.802. The molecule has 2 amide bonds. The number of hydrogen-bond donors (Lipinski definition) is 2. The SMILES string of the molecule is NC(=O)c1ccsc1NC(=O)COC(=O)c1cccnc1. The predicted molar refractivity (Wildman–Crippen MR) is 76.0 cm³/mol. The van der Waals surface area contributed by atoms with E-state index in [1.54, 1.807) is 11.4 Å². The Balaban J connectivity index is 1.89. The fraction of sp³-hybridized carbons (Fsp3) is 0.0769. The largest absolute Gasteiger partial charge is 0.452 e. The zero-order valence-corrected chi connectivity index (χ0v) is 11.6. The molecule has 2 heterocycles. The number of nitrogens with one attached hydrogen (secondary N) is 1. The Hall–Kier alpha value is -2.74. The number of hydrogen-bond acceptors (Lipinski definition) is 6. The van der Waals surface area contributed by atoms with Crippen LogP contribution < -0.4 is 11.1 Å². The molecule has 0 atom stereocenters. The van der Waals surface area contributed by atoms with E-state index in [1.807, 2.05) is 0 Å². The van der Waals surface area contributed by atoms with Crippen LogP contribution in [-0.4, -0.2) is 29.4 Å². The lowest BCUT2D eigenvalue weighted by Crippen LogP contribution is -2.22. The number of carbonyl (C=O) groups is 3. The summed E-state index contributed by atoms with van der Waals surface area (Å²) >= 11 is 1.15. The van der Waals surface area contributed by atoms with Crippen LogP contribution in [0.1, 0.15) is 20.7 Å². The highest BCUT2D eigenvalue weighted by atomic mass is 32.1. The molecular weight excluding hydrogens is 294 g/mol. The minimum Gasteiger partial charge on any atom is -0.452 e. The molecule has 0 aliphatic carbocycles. The first-order valence-corrected chi connectivity index (χ1v) is 6.70. The van der Waals surface area contributed by atoms with E-state index in [2.05, 4.69) is 10.3 Å². The second-order valence-electron chi connectivity index (χ2n) is 3.89. The van der Waals surface area contributed by atoms with Gasteiger partial charge in [-0.25, -0.2) is 4.79 Å². The summed E-state index contributed by atoms with van der Waals surface area (Å²) in [5.74, 6) is -1.85. The van der Waals surface area contributed by atoms with Crippen molar-refractivity contribution in [1.29, 1.82) is 0 Å². The van der Waals surface area contributed by atoms with E-state index in [1.165, 1.54) is 24.5 Å². The van der Waals surface area contributed by atoms with E-state index in [0.29, 0.717) is 5.00 Å². The van der Waals surface area contributed by atoms with Gasteiger partial charge in [0, 0.05) is 12.4 Å². The third-order valence-corrected chi connectivity index (χ3v) is 3.25. The second kappa shape index (κ2) is 6.62. The van der Waals surface area contributed by atoms with Crippen LogP contribution in [0.3, 0.4) is 0 Å². The molecule has 8 heteroatoms. The van der Waals surface area contributed by atoms with Gasteiger partial charge in [-0.2, -0.15) is 0 Å². The zero-order chi connectivity index (χ0) is 15.2. The maximum Gasteiger partial charge on any atom is 0.340 e. The number of primary amides is 1. The van der Waals surface area contributed by atoms with Gasteiger partial charge in [0.1, 0.15) is 5.00 Å². The molecule has 0 bridgehead atoms. The molecule has 7 nitrogen and oxygen atoms in total. The van der Waals surface area contributed by atoms with Gasteiger partial charge in [-0.1, -0.05) is 0 Å². The smallest absolute Gasteiger partial charge is 0.340 e. The molecule has 0 spiro atoms. The summed E-state index contributed by atoms with van der Waals surface area (Å²) in [7, 11) is 0. The molecule has 0 fully saturated rings. The van der Waals surface area contributed by atoms with Crippen molar-refractivity contribution in [3.63, 3.8) is 0 Å². The first kappa shape index (κ1) is 14.7. The maximum absolute atomic E-state index is 11.7. The van der Waals surface area contributed by atoms with Crippen molar-refractivity contribution in [3.8, 4) is 0 Å². The fourth-order valence-corrected chi connectivity index (χ4v) is 2.27. The third-order valence-electron chi connectivity index (χ3n) is 2.42. The molecule has 0 unspecified atom stereocenters. The Bertz CT molecular complexity index is 669. The van der Waals surface area contributed by atoms with Gasteiger partial charge in [-0.15, -0.1) is 11.3 Å². The number of aromatic nitrogens is 1. The summed E-state index contributed by atoms with van der Waals surface area (Å²) in [5.41, 5.74) is 5.62. The Morgan fingerprint density at radius 1 is 1.33 bits per heavy atom. The average Bonchev–Trinajstić information content (AvgIpc) is 2.94. The molecule has 0 radical (unpaired) electrons. The summed E-state index contributed by atoms with van der Waals surface area (Å²) in [6.45, 7) is -0.468. The van der Waals surface area contributed by atoms with E-state index >= 15 is 0 Å². The Labute approximate surface area is 123 Å². The molecule has 0 saturated carbocycles. The van der Waals surface area contributed by atoms with Gasteiger partial charge < -0.3 is 15.8 Å². The lowest BCUT2D eigenvalue weighted by molar-refractivity contribution is -0.119. The lowest BCUT2D eigenvalue weighted by atomic mass is 10.3. The predicted octanol–water partition coefficient (Wildman–Crippen LogP) is 1.04. The molecule has 0 aromatic carbocycles. The monoisotopic (exact) mass is 305 g/mol. The van der Waals surface area contributed by atoms with Crippen molar-refractivity contribution in [1.82, 2.24) is 4.98 Å². The maximum atomic E-state index is 11.7. The molecule has 3 N–H and O–H groups in total. The summed E-state index contributed by atoms with van der Waals surface area (Å²) in [6, 6.07) is 4.61. The van der Waals surface area contributed by atoms with E-state index < -0.39 is 24.4 Å². The fourth-order valence-electron chi connectivity index (χ4n) is 1.46. The summed E-state index contributed by atoms with van der Waals surface area (Å²) in [6.07, 6.45) is 2.86. The molecule has 2 aromatic rings. The molecule has 108 valence electrons. The number of thiophene rings is 1. The number of amides is 2. The van der Waals surface area contributed by atoms with Crippen molar-refractivity contribution in [2.45, 2.75) is 0 Å². The number of esters is 1. The number of nitrogens with two attached hydrogens (primary N) is 1. The number of rotatable bonds is 5. The Morgan fingerprint density at radius 3 is 2.81 bits per heavy atom. The van der Waals surface area contributed by atoms with E-state index in [4.69, 9.17) is 10.5 Å². The van der Waals surface area contributed by atoms with Crippen LogP contribution >= 0.6 is 11.3 Å². The highest BCUT2D eigenvalue weighted by Crippen LogP contribution is 2.22. The van der Waals surface area contributed by atoms with Crippen LogP contribution in [0.25, 0.3) is 0 Å². The first-order chi connectivity index (χ1) is 10.1. The van der Waals surface area contributed by atoms with Crippen molar-refractivity contribution < 1.29 is 19.1 Å². The van der Waals surface area contributed by atoms with Crippen LogP contribution in [0, 0.1) is 0 Å². The van der Waals surface area contributed by atoms with Crippen molar-refractivity contribution in [2.75, 3.05) is 11.9 Å². The molecular formula is C13H11N3O4S. The number of pyridine rings is 1. The summed E-state index contributed by atoms with van der Waals surface area (Å²) in [5, 5.41) is 4.41. The van der Waals surface area contributed by atoms with Crippen molar-refractivity contribution >= 4 is 34.1 Å². The third kappa shape index (κ3) is 3.86. The minimum absolute atomic E-state index is 0.215. The lowest BCUT2D eigenvalue weighted by Gasteiger charge is -2.06. The van der Waals surface area contributed by atoms with Gasteiger partial charge in [-0.3, -0.25) is 14.6 Å². The standard InChI is InChI=1S/C13H11N3O4S/c14-11(18)9-3-5-21-12(9)16-10(17)7-20-13(19)8-2-1-4-15-6-8/h1-6H,7H2,(H2,14,18)(H,16,17). The molecule has 2 aromatic heterocycles. The van der Waals surface area contributed by atoms with Crippen LogP contribution in [0.15, 0.2) is 36.0 Å². The number of anilines is 1. The summed E-state index contributed by atoms with van der Waals surface area (Å²) in [4.78, 5) is 38.2. The van der Waals surface area contributed by atoms with E-state index in [-0.39, 0.29) is 11.1 Å². The second-order valence-corrected chi connectivity index (χ2v) is 4.81. The molecule has 2 rings (SSSR count).